The topological polar surface area (TPSA) is 120 Å². The number of hydrogen-bond acceptors (Lipinski definition) is 7. The summed E-state index contributed by atoms with van der Waals surface area (Å²) in [5.74, 6) is 0.257. The molecule has 1 aliphatic rings. The first-order chi connectivity index (χ1) is 11.0. The molecule has 3 rings (SSSR count). The van der Waals surface area contributed by atoms with E-state index in [1.165, 1.54) is 6.07 Å². The summed E-state index contributed by atoms with van der Waals surface area (Å²) in [7, 11) is 0. The summed E-state index contributed by atoms with van der Waals surface area (Å²) >= 11 is 0. The molecule has 0 spiro atoms. The van der Waals surface area contributed by atoms with Crippen molar-refractivity contribution in [1.82, 2.24) is 0 Å². The van der Waals surface area contributed by atoms with Crippen molar-refractivity contribution in [3.05, 3.63) is 36.4 Å². The van der Waals surface area contributed by atoms with E-state index in [4.69, 9.17) is 9.47 Å². The molecule has 1 aliphatic heterocycles. The lowest BCUT2D eigenvalue weighted by atomic mass is 9.99. The van der Waals surface area contributed by atoms with Crippen LogP contribution in [0.3, 0.4) is 0 Å². The molecule has 5 N–H and O–H groups in total. The molecule has 2 aromatic rings. The van der Waals surface area contributed by atoms with E-state index in [-0.39, 0.29) is 11.5 Å². The minimum Gasteiger partial charge on any atom is -0.507 e. The van der Waals surface area contributed by atoms with Crippen molar-refractivity contribution in [1.29, 1.82) is 0 Å². The Kier molecular flexibility index (Phi) is 4.38. The average Bonchev–Trinajstić information content (AvgIpc) is 2.55. The number of fused-ring (bicyclic) bond motifs is 1. The average molecular weight is 322 g/mol. The van der Waals surface area contributed by atoms with Gasteiger partial charge in [0.2, 0.25) is 6.29 Å². The summed E-state index contributed by atoms with van der Waals surface area (Å²) in [6.45, 7) is -0.536. The second-order valence-electron chi connectivity index (χ2n) is 5.45. The van der Waals surface area contributed by atoms with Gasteiger partial charge in [-0.15, -0.1) is 0 Å². The molecule has 0 aliphatic carbocycles. The quantitative estimate of drug-likeness (QED) is 0.527. The Hall–Kier alpha value is -1.90. The van der Waals surface area contributed by atoms with Gasteiger partial charge in [-0.3, -0.25) is 0 Å². The van der Waals surface area contributed by atoms with Gasteiger partial charge in [0, 0.05) is 0 Å². The summed E-state index contributed by atoms with van der Waals surface area (Å²) in [4.78, 5) is 0. The third-order valence-corrected chi connectivity index (χ3v) is 3.94. The van der Waals surface area contributed by atoms with E-state index >= 15 is 0 Å². The number of hydrogen-bond donors (Lipinski definition) is 5. The molecule has 23 heavy (non-hydrogen) atoms. The number of aliphatic hydroxyl groups excluding tert-OH is 4. The van der Waals surface area contributed by atoms with Gasteiger partial charge >= 0.3 is 0 Å². The molecule has 0 saturated carbocycles. The van der Waals surface area contributed by atoms with Crippen molar-refractivity contribution in [3.8, 4) is 11.5 Å². The number of aliphatic hydroxyl groups is 4. The summed E-state index contributed by atoms with van der Waals surface area (Å²) in [6.07, 6.45) is -6.82. The zero-order valence-corrected chi connectivity index (χ0v) is 12.1. The van der Waals surface area contributed by atoms with Crippen LogP contribution in [0.15, 0.2) is 36.4 Å². The highest BCUT2D eigenvalue weighted by atomic mass is 16.7. The van der Waals surface area contributed by atoms with Crippen molar-refractivity contribution in [2.24, 2.45) is 0 Å². The predicted molar refractivity (Wildman–Crippen MR) is 80.0 cm³/mol. The molecule has 5 atom stereocenters. The lowest BCUT2D eigenvalue weighted by molar-refractivity contribution is -0.277. The molecule has 7 nitrogen and oxygen atoms in total. The number of phenolic OH excluding ortho intramolecular Hbond substituents is 1. The smallest absolute Gasteiger partial charge is 0.229 e. The highest BCUT2D eigenvalue weighted by Gasteiger charge is 2.44. The van der Waals surface area contributed by atoms with Gasteiger partial charge in [0.05, 0.1) is 12.0 Å². The minimum absolute atomic E-state index is 0.00249. The van der Waals surface area contributed by atoms with E-state index in [9.17, 15) is 25.5 Å². The summed E-state index contributed by atoms with van der Waals surface area (Å²) in [5.41, 5.74) is 0. The van der Waals surface area contributed by atoms with Gasteiger partial charge in [-0.2, -0.15) is 0 Å². The molecule has 0 aromatic heterocycles. The van der Waals surface area contributed by atoms with Crippen LogP contribution in [0.1, 0.15) is 0 Å². The van der Waals surface area contributed by atoms with Crippen LogP contribution in [0.2, 0.25) is 0 Å². The zero-order chi connectivity index (χ0) is 16.6. The van der Waals surface area contributed by atoms with E-state index in [2.05, 4.69) is 0 Å². The van der Waals surface area contributed by atoms with Crippen LogP contribution in [-0.2, 0) is 4.74 Å². The molecule has 1 heterocycles. The van der Waals surface area contributed by atoms with Gasteiger partial charge in [0.25, 0.3) is 0 Å². The van der Waals surface area contributed by atoms with Gasteiger partial charge < -0.3 is 35.0 Å². The molecule has 0 amide bonds. The molecular weight excluding hydrogens is 304 g/mol. The normalized spacial score (nSPS) is 31.2. The van der Waals surface area contributed by atoms with Crippen LogP contribution >= 0.6 is 0 Å². The molecule has 2 aromatic carbocycles. The fourth-order valence-electron chi connectivity index (χ4n) is 2.68. The van der Waals surface area contributed by atoms with Crippen LogP contribution in [-0.4, -0.2) is 62.8 Å². The molecule has 1 unspecified atom stereocenters. The van der Waals surface area contributed by atoms with Crippen LogP contribution in [0.5, 0.6) is 11.5 Å². The Labute approximate surface area is 131 Å². The van der Waals surface area contributed by atoms with E-state index in [0.29, 0.717) is 5.39 Å². The van der Waals surface area contributed by atoms with Crippen molar-refractivity contribution < 1.29 is 35.0 Å². The largest absolute Gasteiger partial charge is 0.507 e. The maximum Gasteiger partial charge on any atom is 0.229 e. The number of phenols is 1. The highest BCUT2D eigenvalue weighted by molar-refractivity contribution is 5.93. The molecular formula is C16H18O7. The van der Waals surface area contributed by atoms with Gasteiger partial charge in [0.15, 0.2) is 0 Å². The second-order valence-corrected chi connectivity index (χ2v) is 5.45. The zero-order valence-electron chi connectivity index (χ0n) is 12.1. The molecule has 124 valence electrons. The lowest BCUT2D eigenvalue weighted by Crippen LogP contribution is -2.60. The fraction of sp³-hybridized carbons (Fsp3) is 0.375. The fourth-order valence-corrected chi connectivity index (χ4v) is 2.68. The van der Waals surface area contributed by atoms with Crippen molar-refractivity contribution in [2.75, 3.05) is 6.61 Å². The third-order valence-electron chi connectivity index (χ3n) is 3.94. The first-order valence-electron chi connectivity index (χ1n) is 7.21. The number of rotatable bonds is 3. The minimum atomic E-state index is -1.52. The first-order valence-corrected chi connectivity index (χ1v) is 7.21. The number of aromatic hydroxyl groups is 1. The van der Waals surface area contributed by atoms with Crippen molar-refractivity contribution >= 4 is 10.8 Å². The van der Waals surface area contributed by atoms with Gasteiger partial charge in [0.1, 0.15) is 35.9 Å². The first kappa shape index (κ1) is 16.0. The molecule has 0 bridgehead atoms. The molecule has 0 radical (unpaired) electrons. The Morgan fingerprint density at radius 2 is 1.65 bits per heavy atom. The molecule has 1 saturated heterocycles. The SMILES string of the molecule is OC[C@H]1OC(Oc2cccc3cccc(O)c23)[C@H](O)[C@@H](O)[C@@H]1O. The Morgan fingerprint density at radius 1 is 0.957 bits per heavy atom. The Bertz CT molecular complexity index is 682. The Morgan fingerprint density at radius 3 is 2.35 bits per heavy atom. The van der Waals surface area contributed by atoms with Crippen LogP contribution in [0.25, 0.3) is 10.8 Å². The Balaban J connectivity index is 1.92. The third kappa shape index (κ3) is 2.85. The standard InChI is InChI=1S/C16H18O7/c17-7-11-13(19)14(20)15(21)16(23-11)22-10-6-2-4-8-3-1-5-9(18)12(8)10/h1-6,11,13-21H,7H2/t11-,13-,14+,15-,16?/m1/s1. The number of ether oxygens (including phenoxy) is 2. The molecule has 7 heteroatoms. The summed E-state index contributed by atoms with van der Waals surface area (Å²) in [6, 6.07) is 10.1. The van der Waals surface area contributed by atoms with Gasteiger partial charge in [-0.1, -0.05) is 24.3 Å². The monoisotopic (exact) mass is 322 g/mol. The van der Waals surface area contributed by atoms with Gasteiger partial charge in [-0.05, 0) is 17.5 Å². The van der Waals surface area contributed by atoms with Crippen LogP contribution < -0.4 is 4.74 Å². The van der Waals surface area contributed by atoms with Crippen molar-refractivity contribution in [3.63, 3.8) is 0 Å². The van der Waals surface area contributed by atoms with E-state index in [0.717, 1.165) is 5.39 Å². The van der Waals surface area contributed by atoms with Crippen LogP contribution in [0.4, 0.5) is 0 Å². The van der Waals surface area contributed by atoms with E-state index < -0.39 is 37.3 Å². The highest BCUT2D eigenvalue weighted by Crippen LogP contribution is 2.35. The van der Waals surface area contributed by atoms with Crippen LogP contribution in [0, 0.1) is 0 Å². The predicted octanol–water partition coefficient (Wildman–Crippen LogP) is -0.276. The second kappa shape index (κ2) is 6.31. The maximum absolute atomic E-state index is 10.0. The van der Waals surface area contributed by atoms with Gasteiger partial charge in [-0.25, -0.2) is 0 Å². The molecule has 1 fully saturated rings. The summed E-state index contributed by atoms with van der Waals surface area (Å²) < 4.78 is 10.9. The van der Waals surface area contributed by atoms with E-state index in [1.54, 1.807) is 30.3 Å². The summed E-state index contributed by atoms with van der Waals surface area (Å²) in [5, 5.41) is 50.0. The number of benzene rings is 2. The van der Waals surface area contributed by atoms with Crippen molar-refractivity contribution in [2.45, 2.75) is 30.7 Å². The lowest BCUT2D eigenvalue weighted by Gasteiger charge is -2.39. The van der Waals surface area contributed by atoms with E-state index in [1.807, 2.05) is 0 Å². The maximum atomic E-state index is 10.0.